The summed E-state index contributed by atoms with van der Waals surface area (Å²) in [7, 11) is 0. The molecule has 1 unspecified atom stereocenters. The second-order valence-corrected chi connectivity index (χ2v) is 6.84. The van der Waals surface area contributed by atoms with Crippen molar-refractivity contribution >= 4 is 11.9 Å². The van der Waals surface area contributed by atoms with Crippen LogP contribution in [0.3, 0.4) is 0 Å². The average Bonchev–Trinajstić information content (AvgIpc) is 2.66. The van der Waals surface area contributed by atoms with Gasteiger partial charge in [-0.25, -0.2) is 4.98 Å². The number of benzene rings is 1. The minimum atomic E-state index is -1.17. The smallest absolute Gasteiger partial charge is 0.315 e. The van der Waals surface area contributed by atoms with E-state index >= 15 is 0 Å². The molecule has 0 spiro atoms. The molecule has 1 atom stereocenters. The van der Waals surface area contributed by atoms with Gasteiger partial charge >= 0.3 is 5.97 Å². The number of carbonyl (C=O) groups is 2. The molecule has 142 valence electrons. The van der Waals surface area contributed by atoms with Crippen LogP contribution in [0.5, 0.6) is 5.88 Å². The Morgan fingerprint density at radius 2 is 2.00 bits per heavy atom. The summed E-state index contributed by atoms with van der Waals surface area (Å²) in [6.45, 7) is 1.81. The third-order valence-electron chi connectivity index (χ3n) is 5.23. The topological polar surface area (TPSA) is 88.5 Å². The predicted octanol–water partition coefficient (Wildman–Crippen LogP) is 3.18. The Kier molecular flexibility index (Phi) is 5.74. The van der Waals surface area contributed by atoms with Gasteiger partial charge in [0.05, 0.1) is 0 Å². The molecule has 0 saturated heterocycles. The van der Waals surface area contributed by atoms with Crippen molar-refractivity contribution < 1.29 is 19.4 Å². The van der Waals surface area contributed by atoms with Gasteiger partial charge in [-0.05, 0) is 37.3 Å². The van der Waals surface area contributed by atoms with E-state index in [1.807, 2.05) is 13.0 Å². The van der Waals surface area contributed by atoms with Crippen molar-refractivity contribution in [1.29, 1.82) is 0 Å². The summed E-state index contributed by atoms with van der Waals surface area (Å²) in [6.07, 6.45) is 5.23. The third-order valence-corrected chi connectivity index (χ3v) is 5.23. The van der Waals surface area contributed by atoms with Crippen molar-refractivity contribution in [2.24, 2.45) is 0 Å². The van der Waals surface area contributed by atoms with Crippen LogP contribution in [0, 0.1) is 0 Å². The van der Waals surface area contributed by atoms with Gasteiger partial charge in [-0.3, -0.25) is 9.59 Å². The Bertz CT molecular complexity index is 805. The van der Waals surface area contributed by atoms with E-state index in [-0.39, 0.29) is 18.6 Å². The highest BCUT2D eigenvalue weighted by Crippen LogP contribution is 2.28. The van der Waals surface area contributed by atoms with E-state index in [2.05, 4.69) is 10.3 Å². The van der Waals surface area contributed by atoms with Crippen molar-refractivity contribution in [1.82, 2.24) is 10.3 Å². The Balaban J connectivity index is 1.72. The van der Waals surface area contributed by atoms with E-state index in [9.17, 15) is 14.7 Å². The molecule has 1 aromatic heterocycles. The fourth-order valence-corrected chi connectivity index (χ4v) is 3.15. The van der Waals surface area contributed by atoms with Gasteiger partial charge in [0, 0.05) is 24.4 Å². The van der Waals surface area contributed by atoms with Crippen LogP contribution < -0.4 is 10.1 Å². The van der Waals surface area contributed by atoms with E-state index in [0.717, 1.165) is 19.3 Å². The van der Waals surface area contributed by atoms with Crippen molar-refractivity contribution in [3.8, 4) is 5.88 Å². The van der Waals surface area contributed by atoms with Crippen molar-refractivity contribution in [3.63, 3.8) is 0 Å². The van der Waals surface area contributed by atoms with E-state index in [1.54, 1.807) is 36.4 Å². The standard InChI is InChI=1S/C21H24N2O4/c1-2-21(20(25)26,16-7-4-3-5-8-16)14-23-19(24)15-11-12-22-18(13-15)27-17-9-6-10-17/h3-5,7-8,11-13,17H,2,6,9-10,14H2,1H3,(H,23,24)(H,25,26). The first-order valence-corrected chi connectivity index (χ1v) is 9.25. The van der Waals surface area contributed by atoms with Crippen LogP contribution in [-0.4, -0.2) is 34.6 Å². The second kappa shape index (κ2) is 8.20. The highest BCUT2D eigenvalue weighted by molar-refractivity contribution is 5.95. The summed E-state index contributed by atoms with van der Waals surface area (Å²) in [5.74, 6) is -0.874. The minimum absolute atomic E-state index is 0.00280. The van der Waals surface area contributed by atoms with Gasteiger partial charge in [0.1, 0.15) is 11.5 Å². The number of rotatable bonds is 8. The number of carbonyl (C=O) groups excluding carboxylic acids is 1. The Morgan fingerprint density at radius 1 is 1.26 bits per heavy atom. The summed E-state index contributed by atoms with van der Waals surface area (Å²) in [5, 5.41) is 12.6. The van der Waals surface area contributed by atoms with Crippen LogP contribution in [0.25, 0.3) is 0 Å². The van der Waals surface area contributed by atoms with Crippen LogP contribution in [0.1, 0.15) is 48.5 Å². The van der Waals surface area contributed by atoms with Crippen molar-refractivity contribution in [2.75, 3.05) is 6.54 Å². The monoisotopic (exact) mass is 368 g/mol. The molecule has 3 rings (SSSR count). The molecule has 1 saturated carbocycles. The first kappa shape index (κ1) is 18.9. The zero-order valence-electron chi connectivity index (χ0n) is 15.4. The number of pyridine rings is 1. The fourth-order valence-electron chi connectivity index (χ4n) is 3.15. The Morgan fingerprint density at radius 3 is 2.59 bits per heavy atom. The molecule has 1 amide bonds. The molecule has 1 aliphatic carbocycles. The van der Waals surface area contributed by atoms with Crippen LogP contribution in [0.4, 0.5) is 0 Å². The van der Waals surface area contributed by atoms with Gasteiger partial charge in [-0.1, -0.05) is 37.3 Å². The van der Waals surface area contributed by atoms with Gasteiger partial charge in [0.25, 0.3) is 5.91 Å². The van der Waals surface area contributed by atoms with E-state index in [1.165, 1.54) is 6.20 Å². The molecule has 1 heterocycles. The first-order valence-electron chi connectivity index (χ1n) is 9.25. The highest BCUT2D eigenvalue weighted by atomic mass is 16.5. The van der Waals surface area contributed by atoms with Crippen LogP contribution in [0.15, 0.2) is 48.7 Å². The molecule has 1 aliphatic rings. The lowest BCUT2D eigenvalue weighted by atomic mass is 9.78. The normalized spacial score (nSPS) is 16.0. The molecular weight excluding hydrogens is 344 g/mol. The minimum Gasteiger partial charge on any atom is -0.481 e. The largest absolute Gasteiger partial charge is 0.481 e. The first-order chi connectivity index (χ1) is 13.0. The van der Waals surface area contributed by atoms with E-state index in [0.29, 0.717) is 23.4 Å². The molecule has 6 nitrogen and oxygen atoms in total. The van der Waals surface area contributed by atoms with Crippen molar-refractivity contribution in [3.05, 3.63) is 59.8 Å². The van der Waals surface area contributed by atoms with Gasteiger partial charge in [0.15, 0.2) is 0 Å². The quantitative estimate of drug-likeness (QED) is 0.747. The molecule has 6 heteroatoms. The predicted molar refractivity (Wildman–Crippen MR) is 101 cm³/mol. The molecule has 0 bridgehead atoms. The number of aliphatic carboxylic acids is 1. The molecular formula is C21H24N2O4. The number of carboxylic acid groups (broad SMARTS) is 1. The summed E-state index contributed by atoms with van der Waals surface area (Å²) < 4.78 is 5.73. The molecule has 1 fully saturated rings. The third kappa shape index (κ3) is 4.10. The van der Waals surface area contributed by atoms with E-state index in [4.69, 9.17) is 4.74 Å². The maximum absolute atomic E-state index is 12.6. The maximum atomic E-state index is 12.6. The SMILES string of the molecule is CCC(CNC(=O)c1ccnc(OC2CCC2)c1)(C(=O)O)c1ccccc1. The summed E-state index contributed by atoms with van der Waals surface area (Å²) in [5.41, 5.74) is -0.0957. The Hall–Kier alpha value is -2.89. The second-order valence-electron chi connectivity index (χ2n) is 6.84. The zero-order chi connectivity index (χ0) is 19.3. The molecule has 2 N–H and O–H groups in total. The number of hydrogen-bond donors (Lipinski definition) is 2. The Labute approximate surface area is 158 Å². The van der Waals surface area contributed by atoms with Gasteiger partial charge in [-0.15, -0.1) is 0 Å². The molecule has 0 aliphatic heterocycles. The molecule has 0 radical (unpaired) electrons. The summed E-state index contributed by atoms with van der Waals surface area (Å²) in [4.78, 5) is 28.8. The highest BCUT2D eigenvalue weighted by Gasteiger charge is 2.39. The van der Waals surface area contributed by atoms with Crippen LogP contribution in [-0.2, 0) is 10.2 Å². The fraction of sp³-hybridized carbons (Fsp3) is 0.381. The number of ether oxygens (including phenoxy) is 1. The number of nitrogens with one attached hydrogen (secondary N) is 1. The lowest BCUT2D eigenvalue weighted by Gasteiger charge is -2.29. The zero-order valence-corrected chi connectivity index (χ0v) is 15.4. The van der Waals surface area contributed by atoms with Gasteiger partial charge in [-0.2, -0.15) is 0 Å². The lowest BCUT2D eigenvalue weighted by Crippen LogP contribution is -2.46. The lowest BCUT2D eigenvalue weighted by molar-refractivity contribution is -0.143. The number of carboxylic acids is 1. The van der Waals surface area contributed by atoms with Gasteiger partial charge in [0.2, 0.25) is 5.88 Å². The number of nitrogens with zero attached hydrogens (tertiary/aromatic N) is 1. The van der Waals surface area contributed by atoms with Gasteiger partial charge < -0.3 is 15.2 Å². The number of hydrogen-bond acceptors (Lipinski definition) is 4. The summed E-state index contributed by atoms with van der Waals surface area (Å²) in [6, 6.07) is 12.2. The van der Waals surface area contributed by atoms with E-state index < -0.39 is 11.4 Å². The maximum Gasteiger partial charge on any atom is 0.315 e. The van der Waals surface area contributed by atoms with Crippen LogP contribution in [0.2, 0.25) is 0 Å². The number of amides is 1. The number of aromatic nitrogens is 1. The molecule has 27 heavy (non-hydrogen) atoms. The van der Waals surface area contributed by atoms with Crippen LogP contribution >= 0.6 is 0 Å². The summed E-state index contributed by atoms with van der Waals surface area (Å²) >= 11 is 0. The average molecular weight is 368 g/mol. The molecule has 2 aromatic rings. The molecule has 1 aromatic carbocycles. The van der Waals surface area contributed by atoms with Crippen molar-refractivity contribution in [2.45, 2.75) is 44.1 Å².